The molecule has 15 heavy (non-hydrogen) atoms. The molecule has 3 aliphatic carbocycles. The van der Waals surface area contributed by atoms with Crippen molar-refractivity contribution in [2.75, 3.05) is 6.61 Å². The van der Waals surface area contributed by atoms with E-state index in [0.29, 0.717) is 30.3 Å². The minimum Gasteiger partial charge on any atom is -0.466 e. The van der Waals surface area contributed by atoms with Crippen LogP contribution < -0.4 is 0 Å². The molecule has 2 fully saturated rings. The van der Waals surface area contributed by atoms with Crippen LogP contribution >= 0.6 is 0 Å². The van der Waals surface area contributed by atoms with Crippen LogP contribution in [0.15, 0.2) is 24.3 Å². The first-order valence-corrected chi connectivity index (χ1v) is 5.84. The molecule has 0 aliphatic heterocycles. The number of esters is 1. The number of carbonyl (C=O) groups excluding carboxylic acids is 1. The maximum Gasteiger partial charge on any atom is 0.309 e. The lowest BCUT2D eigenvalue weighted by atomic mass is 9.85. The van der Waals surface area contributed by atoms with Crippen molar-refractivity contribution in [2.24, 2.45) is 29.6 Å². The molecule has 3 rings (SSSR count). The van der Waals surface area contributed by atoms with E-state index >= 15 is 0 Å². The molecule has 0 aromatic carbocycles. The van der Waals surface area contributed by atoms with E-state index in [2.05, 4.69) is 24.3 Å². The number of carbonyl (C=O) groups is 1. The van der Waals surface area contributed by atoms with Crippen molar-refractivity contribution in [2.45, 2.75) is 13.3 Å². The Kier molecular flexibility index (Phi) is 1.98. The van der Waals surface area contributed by atoms with Gasteiger partial charge in [-0.2, -0.15) is 0 Å². The van der Waals surface area contributed by atoms with E-state index in [4.69, 9.17) is 4.74 Å². The van der Waals surface area contributed by atoms with Gasteiger partial charge in [0.15, 0.2) is 0 Å². The average molecular weight is 204 g/mol. The lowest BCUT2D eigenvalue weighted by molar-refractivity contribution is -0.145. The zero-order chi connectivity index (χ0) is 10.4. The SMILES string of the molecule is CCOC(=O)[C@@H]1C2CC3C=CC=CC3C21. The van der Waals surface area contributed by atoms with Gasteiger partial charge >= 0.3 is 5.97 Å². The highest BCUT2D eigenvalue weighted by atomic mass is 16.5. The third kappa shape index (κ3) is 1.27. The van der Waals surface area contributed by atoms with Crippen LogP contribution in [0, 0.1) is 29.6 Å². The minimum atomic E-state index is 0.0360. The summed E-state index contributed by atoms with van der Waals surface area (Å²) < 4.78 is 5.10. The molecule has 3 aliphatic rings. The van der Waals surface area contributed by atoms with Crippen molar-refractivity contribution in [1.82, 2.24) is 0 Å². The zero-order valence-electron chi connectivity index (χ0n) is 8.93. The maximum atomic E-state index is 11.6. The summed E-state index contributed by atoms with van der Waals surface area (Å²) in [6.45, 7) is 2.39. The van der Waals surface area contributed by atoms with Crippen LogP contribution in [0.1, 0.15) is 13.3 Å². The van der Waals surface area contributed by atoms with Crippen molar-refractivity contribution >= 4 is 5.97 Å². The fraction of sp³-hybridized carbons (Fsp3) is 0.615. The number of fused-ring (bicyclic) bond motifs is 3. The first-order valence-electron chi connectivity index (χ1n) is 5.84. The van der Waals surface area contributed by atoms with Crippen LogP contribution in [-0.2, 0) is 9.53 Å². The standard InChI is InChI=1S/C13H16O2/c1-2-15-13(14)12-10-7-8-5-3-4-6-9(8)11(10)12/h3-6,8-12H,2,7H2,1H3/t8?,9?,10?,11?,12-/m1/s1. The van der Waals surface area contributed by atoms with Crippen LogP contribution in [0.4, 0.5) is 0 Å². The smallest absolute Gasteiger partial charge is 0.309 e. The Morgan fingerprint density at radius 2 is 2.20 bits per heavy atom. The molecular formula is C13H16O2. The van der Waals surface area contributed by atoms with E-state index in [-0.39, 0.29) is 11.9 Å². The van der Waals surface area contributed by atoms with E-state index in [9.17, 15) is 4.79 Å². The second-order valence-electron chi connectivity index (χ2n) is 4.77. The topological polar surface area (TPSA) is 26.3 Å². The van der Waals surface area contributed by atoms with Crippen LogP contribution in [0.2, 0.25) is 0 Å². The lowest BCUT2D eigenvalue weighted by Crippen LogP contribution is -2.18. The number of rotatable bonds is 2. The average Bonchev–Trinajstić information content (AvgIpc) is 2.83. The van der Waals surface area contributed by atoms with Crippen LogP contribution in [0.25, 0.3) is 0 Å². The third-order valence-electron chi connectivity index (χ3n) is 4.07. The first-order chi connectivity index (χ1) is 7.33. The number of allylic oxidation sites excluding steroid dienone is 4. The second kappa shape index (κ2) is 3.22. The van der Waals surface area contributed by atoms with Crippen molar-refractivity contribution < 1.29 is 9.53 Å². The fourth-order valence-electron chi connectivity index (χ4n) is 3.43. The monoisotopic (exact) mass is 204 g/mol. The molecule has 5 atom stereocenters. The number of ether oxygens (including phenoxy) is 1. The molecule has 0 spiro atoms. The second-order valence-corrected chi connectivity index (χ2v) is 4.77. The molecule has 0 radical (unpaired) electrons. The van der Waals surface area contributed by atoms with Gasteiger partial charge in [0, 0.05) is 0 Å². The predicted octanol–water partition coefficient (Wildman–Crippen LogP) is 2.17. The molecule has 0 amide bonds. The summed E-state index contributed by atoms with van der Waals surface area (Å²) in [4.78, 5) is 11.6. The molecule has 0 aromatic heterocycles. The van der Waals surface area contributed by atoms with E-state index in [0.717, 1.165) is 0 Å². The zero-order valence-corrected chi connectivity index (χ0v) is 8.93. The van der Waals surface area contributed by atoms with Crippen molar-refractivity contribution in [3.8, 4) is 0 Å². The molecular weight excluding hydrogens is 188 g/mol. The summed E-state index contributed by atoms with van der Waals surface area (Å²) in [5, 5.41) is 0. The summed E-state index contributed by atoms with van der Waals surface area (Å²) in [6, 6.07) is 0. The van der Waals surface area contributed by atoms with Gasteiger partial charge in [0.25, 0.3) is 0 Å². The largest absolute Gasteiger partial charge is 0.466 e. The Hall–Kier alpha value is -1.05. The van der Waals surface area contributed by atoms with Gasteiger partial charge in [-0.05, 0) is 37.0 Å². The maximum absolute atomic E-state index is 11.6. The molecule has 0 bridgehead atoms. The highest BCUT2D eigenvalue weighted by Crippen LogP contribution is 2.64. The van der Waals surface area contributed by atoms with Gasteiger partial charge in [-0.1, -0.05) is 24.3 Å². The van der Waals surface area contributed by atoms with E-state index in [1.54, 1.807) is 0 Å². The van der Waals surface area contributed by atoms with Gasteiger partial charge < -0.3 is 4.74 Å². The molecule has 0 heterocycles. The van der Waals surface area contributed by atoms with Crippen molar-refractivity contribution in [3.63, 3.8) is 0 Å². The van der Waals surface area contributed by atoms with E-state index in [1.165, 1.54) is 6.42 Å². The van der Waals surface area contributed by atoms with E-state index < -0.39 is 0 Å². The first kappa shape index (κ1) is 9.20. The van der Waals surface area contributed by atoms with Crippen LogP contribution in [0.5, 0.6) is 0 Å². The summed E-state index contributed by atoms with van der Waals surface area (Å²) in [7, 11) is 0. The number of hydrogen-bond acceptors (Lipinski definition) is 2. The van der Waals surface area contributed by atoms with Crippen molar-refractivity contribution in [3.05, 3.63) is 24.3 Å². The molecule has 80 valence electrons. The molecule has 2 heteroatoms. The van der Waals surface area contributed by atoms with Crippen LogP contribution in [0.3, 0.4) is 0 Å². The van der Waals surface area contributed by atoms with E-state index in [1.807, 2.05) is 6.92 Å². The third-order valence-corrected chi connectivity index (χ3v) is 4.07. The predicted molar refractivity (Wildman–Crippen MR) is 57.0 cm³/mol. The molecule has 4 unspecified atom stereocenters. The molecule has 2 saturated carbocycles. The van der Waals surface area contributed by atoms with Gasteiger partial charge in [-0.15, -0.1) is 0 Å². The summed E-state index contributed by atoms with van der Waals surface area (Å²) in [5.41, 5.74) is 0. The molecule has 2 nitrogen and oxygen atoms in total. The number of hydrogen-bond donors (Lipinski definition) is 0. The Morgan fingerprint density at radius 1 is 1.40 bits per heavy atom. The Labute approximate surface area is 90.0 Å². The minimum absolute atomic E-state index is 0.0360. The Balaban J connectivity index is 1.70. The summed E-state index contributed by atoms with van der Waals surface area (Å²) in [6.07, 6.45) is 9.99. The van der Waals surface area contributed by atoms with Gasteiger partial charge in [-0.3, -0.25) is 4.79 Å². The lowest BCUT2D eigenvalue weighted by Gasteiger charge is -2.20. The Bertz CT molecular complexity index is 342. The van der Waals surface area contributed by atoms with Crippen LogP contribution in [-0.4, -0.2) is 12.6 Å². The van der Waals surface area contributed by atoms with Gasteiger partial charge in [0.05, 0.1) is 12.5 Å². The molecule has 0 N–H and O–H groups in total. The molecule has 0 aromatic rings. The summed E-state index contributed by atoms with van der Waals surface area (Å²) in [5.74, 6) is 2.73. The fourth-order valence-corrected chi connectivity index (χ4v) is 3.43. The van der Waals surface area contributed by atoms with Gasteiger partial charge in [-0.25, -0.2) is 0 Å². The van der Waals surface area contributed by atoms with Gasteiger partial charge in [0.1, 0.15) is 0 Å². The molecule has 0 saturated heterocycles. The van der Waals surface area contributed by atoms with Gasteiger partial charge in [0.2, 0.25) is 0 Å². The highest BCUT2D eigenvalue weighted by molar-refractivity contribution is 5.77. The van der Waals surface area contributed by atoms with Crippen molar-refractivity contribution in [1.29, 1.82) is 0 Å². The Morgan fingerprint density at radius 3 is 3.00 bits per heavy atom. The normalized spacial score (nSPS) is 44.7. The summed E-state index contributed by atoms with van der Waals surface area (Å²) >= 11 is 0. The highest BCUT2D eigenvalue weighted by Gasteiger charge is 2.64. The quantitative estimate of drug-likeness (QED) is 0.644.